The number of benzene rings is 1. The van der Waals surface area contributed by atoms with Gasteiger partial charge >= 0.3 is 0 Å². The van der Waals surface area contributed by atoms with Gasteiger partial charge in [-0.3, -0.25) is 0 Å². The molecule has 0 atom stereocenters. The number of hydrogen-bond acceptors (Lipinski definition) is 4. The Bertz CT molecular complexity index is 423. The fourth-order valence-electron chi connectivity index (χ4n) is 1.74. The van der Waals surface area contributed by atoms with E-state index in [1.54, 1.807) is 7.11 Å². The van der Waals surface area contributed by atoms with E-state index >= 15 is 0 Å². The molecule has 20 heavy (non-hydrogen) atoms. The van der Waals surface area contributed by atoms with Crippen molar-refractivity contribution < 1.29 is 9.47 Å². The summed E-state index contributed by atoms with van der Waals surface area (Å²) < 4.78 is 12.2. The van der Waals surface area contributed by atoms with Crippen LogP contribution in [0.1, 0.15) is 19.4 Å². The predicted octanol–water partition coefficient (Wildman–Crippen LogP) is 2.90. The molecule has 0 radical (unpaired) electrons. The van der Waals surface area contributed by atoms with Crippen LogP contribution >= 0.6 is 15.9 Å². The lowest BCUT2D eigenvalue weighted by Crippen LogP contribution is -2.26. The smallest absolute Gasteiger partial charge is 0.162 e. The molecule has 0 aliphatic heterocycles. The Kier molecular flexibility index (Phi) is 7.34. The molecule has 5 heteroatoms. The SMILES string of the molecule is COc1cc(CNCCN(C)C)c(Br)cc1OC(C)C. The van der Waals surface area contributed by atoms with Gasteiger partial charge in [0.2, 0.25) is 0 Å². The Hall–Kier alpha value is -0.780. The van der Waals surface area contributed by atoms with Crippen LogP contribution in [0.5, 0.6) is 11.5 Å². The third-order valence-electron chi connectivity index (χ3n) is 2.75. The van der Waals surface area contributed by atoms with Crippen molar-refractivity contribution in [3.05, 3.63) is 22.2 Å². The van der Waals surface area contributed by atoms with E-state index in [0.29, 0.717) is 0 Å². The van der Waals surface area contributed by atoms with Crippen molar-refractivity contribution in [2.45, 2.75) is 26.5 Å². The molecule has 0 spiro atoms. The van der Waals surface area contributed by atoms with E-state index < -0.39 is 0 Å². The van der Waals surface area contributed by atoms with Crippen LogP contribution in [0.4, 0.5) is 0 Å². The van der Waals surface area contributed by atoms with E-state index in [9.17, 15) is 0 Å². The molecule has 0 bridgehead atoms. The van der Waals surface area contributed by atoms with Crippen LogP contribution in [0.15, 0.2) is 16.6 Å². The van der Waals surface area contributed by atoms with Crippen LogP contribution < -0.4 is 14.8 Å². The van der Waals surface area contributed by atoms with Crippen LogP contribution in [-0.2, 0) is 6.54 Å². The summed E-state index contributed by atoms with van der Waals surface area (Å²) in [6.07, 6.45) is 0.125. The van der Waals surface area contributed by atoms with E-state index in [2.05, 4.69) is 40.2 Å². The van der Waals surface area contributed by atoms with Gasteiger partial charge in [0.25, 0.3) is 0 Å². The molecule has 0 saturated carbocycles. The number of nitrogens with one attached hydrogen (secondary N) is 1. The average Bonchev–Trinajstić information content (AvgIpc) is 2.35. The first kappa shape index (κ1) is 17.3. The highest BCUT2D eigenvalue weighted by atomic mass is 79.9. The van der Waals surface area contributed by atoms with Crippen LogP contribution in [0.3, 0.4) is 0 Å². The van der Waals surface area contributed by atoms with Gasteiger partial charge < -0.3 is 19.7 Å². The summed E-state index contributed by atoms with van der Waals surface area (Å²) in [5, 5.41) is 3.42. The highest BCUT2D eigenvalue weighted by molar-refractivity contribution is 9.10. The first-order valence-corrected chi connectivity index (χ1v) is 7.61. The minimum atomic E-state index is 0.125. The highest BCUT2D eigenvalue weighted by Crippen LogP contribution is 2.34. The van der Waals surface area contributed by atoms with Crippen LogP contribution in [0, 0.1) is 0 Å². The zero-order valence-electron chi connectivity index (χ0n) is 13.0. The molecule has 0 unspecified atom stereocenters. The molecule has 4 nitrogen and oxygen atoms in total. The summed E-state index contributed by atoms with van der Waals surface area (Å²) in [7, 11) is 5.80. The molecule has 0 fully saturated rings. The second-order valence-corrected chi connectivity index (χ2v) is 6.10. The van der Waals surface area contributed by atoms with Crippen molar-refractivity contribution in [3.8, 4) is 11.5 Å². The van der Waals surface area contributed by atoms with Crippen molar-refractivity contribution in [2.24, 2.45) is 0 Å². The van der Waals surface area contributed by atoms with Gasteiger partial charge in [-0.2, -0.15) is 0 Å². The zero-order valence-corrected chi connectivity index (χ0v) is 14.6. The lowest BCUT2D eigenvalue weighted by atomic mass is 10.2. The van der Waals surface area contributed by atoms with Crippen molar-refractivity contribution in [3.63, 3.8) is 0 Å². The Labute approximate surface area is 130 Å². The van der Waals surface area contributed by atoms with Crippen molar-refractivity contribution in [1.29, 1.82) is 0 Å². The Balaban J connectivity index is 2.72. The molecule has 0 heterocycles. The quantitative estimate of drug-likeness (QED) is 0.735. The molecule has 114 valence electrons. The molecule has 0 aliphatic carbocycles. The minimum Gasteiger partial charge on any atom is -0.493 e. The van der Waals surface area contributed by atoms with Gasteiger partial charge in [0.05, 0.1) is 13.2 Å². The number of ether oxygens (including phenoxy) is 2. The molecule has 0 aromatic heterocycles. The maximum absolute atomic E-state index is 5.75. The van der Waals surface area contributed by atoms with Crippen LogP contribution in [-0.4, -0.2) is 45.3 Å². The summed E-state index contributed by atoms with van der Waals surface area (Å²) in [4.78, 5) is 2.15. The van der Waals surface area contributed by atoms with E-state index in [-0.39, 0.29) is 6.10 Å². The first-order valence-electron chi connectivity index (χ1n) is 6.82. The van der Waals surface area contributed by atoms with Crippen molar-refractivity contribution in [1.82, 2.24) is 10.2 Å². The summed E-state index contributed by atoms with van der Waals surface area (Å²) >= 11 is 3.60. The van der Waals surface area contributed by atoms with E-state index in [0.717, 1.165) is 41.2 Å². The third-order valence-corrected chi connectivity index (χ3v) is 3.48. The van der Waals surface area contributed by atoms with Gasteiger partial charge in [0, 0.05) is 24.1 Å². The number of likely N-dealkylation sites (N-methyl/N-ethyl adjacent to an activating group) is 1. The maximum atomic E-state index is 5.75. The van der Waals surface area contributed by atoms with Gasteiger partial charge in [0.1, 0.15) is 0 Å². The van der Waals surface area contributed by atoms with Crippen molar-refractivity contribution in [2.75, 3.05) is 34.3 Å². The first-order chi connectivity index (χ1) is 9.43. The van der Waals surface area contributed by atoms with E-state index in [1.165, 1.54) is 0 Å². The topological polar surface area (TPSA) is 33.7 Å². The van der Waals surface area contributed by atoms with Gasteiger partial charge in [-0.15, -0.1) is 0 Å². The molecule has 1 N–H and O–H groups in total. The lowest BCUT2D eigenvalue weighted by molar-refractivity contribution is 0.230. The molecule has 0 amide bonds. The molecule has 0 saturated heterocycles. The summed E-state index contributed by atoms with van der Waals surface area (Å²) in [6.45, 7) is 6.77. The molecule has 0 aliphatic rings. The Morgan fingerprint density at radius 2 is 1.95 bits per heavy atom. The number of hydrogen-bond donors (Lipinski definition) is 1. The number of nitrogens with zero attached hydrogens (tertiary/aromatic N) is 1. The van der Waals surface area contributed by atoms with Crippen molar-refractivity contribution >= 4 is 15.9 Å². The molecule has 1 aromatic rings. The van der Waals surface area contributed by atoms with E-state index in [1.807, 2.05) is 26.0 Å². The Morgan fingerprint density at radius 1 is 1.25 bits per heavy atom. The monoisotopic (exact) mass is 344 g/mol. The fourth-order valence-corrected chi connectivity index (χ4v) is 2.21. The lowest BCUT2D eigenvalue weighted by Gasteiger charge is -2.16. The largest absolute Gasteiger partial charge is 0.493 e. The molecule has 1 aromatic carbocycles. The Morgan fingerprint density at radius 3 is 2.50 bits per heavy atom. The fraction of sp³-hybridized carbons (Fsp3) is 0.600. The van der Waals surface area contributed by atoms with E-state index in [4.69, 9.17) is 9.47 Å². The van der Waals surface area contributed by atoms with Crippen LogP contribution in [0.25, 0.3) is 0 Å². The zero-order chi connectivity index (χ0) is 15.1. The standard InChI is InChI=1S/C15H25BrN2O2/c1-11(2)20-15-9-13(16)12(8-14(15)19-5)10-17-6-7-18(3)4/h8-9,11,17H,6-7,10H2,1-5H3. The second kappa shape index (κ2) is 8.49. The number of halogens is 1. The third kappa shape index (κ3) is 5.69. The summed E-state index contributed by atoms with van der Waals surface area (Å²) in [5.74, 6) is 1.54. The average molecular weight is 345 g/mol. The van der Waals surface area contributed by atoms with Gasteiger partial charge in [-0.25, -0.2) is 0 Å². The molecular weight excluding hydrogens is 320 g/mol. The predicted molar refractivity (Wildman–Crippen MR) is 86.7 cm³/mol. The second-order valence-electron chi connectivity index (χ2n) is 5.24. The minimum absolute atomic E-state index is 0.125. The van der Waals surface area contributed by atoms with Gasteiger partial charge in [-0.05, 0) is 45.6 Å². The van der Waals surface area contributed by atoms with Gasteiger partial charge in [-0.1, -0.05) is 15.9 Å². The number of methoxy groups -OCH3 is 1. The number of rotatable bonds is 8. The van der Waals surface area contributed by atoms with Gasteiger partial charge in [0.15, 0.2) is 11.5 Å². The molecular formula is C15H25BrN2O2. The molecule has 1 rings (SSSR count). The normalized spacial score (nSPS) is 11.2. The van der Waals surface area contributed by atoms with Crippen LogP contribution in [0.2, 0.25) is 0 Å². The highest BCUT2D eigenvalue weighted by Gasteiger charge is 2.11. The summed E-state index contributed by atoms with van der Waals surface area (Å²) in [5.41, 5.74) is 1.16. The maximum Gasteiger partial charge on any atom is 0.162 e. The summed E-state index contributed by atoms with van der Waals surface area (Å²) in [6, 6.07) is 3.99.